The predicted molar refractivity (Wildman–Crippen MR) is 62.2 cm³/mol. The van der Waals surface area contributed by atoms with Gasteiger partial charge in [0.25, 0.3) is 0 Å². The number of aliphatic imine (C=N–C) groups is 1. The Kier molecular flexibility index (Phi) is 3.20. The summed E-state index contributed by atoms with van der Waals surface area (Å²) in [6.07, 6.45) is 4.84. The number of nitrogens with one attached hydrogen (secondary N) is 1. The lowest BCUT2D eigenvalue weighted by Crippen LogP contribution is -2.21. The highest BCUT2D eigenvalue weighted by Gasteiger charge is 2.18. The Bertz CT molecular complexity index is 401. The highest BCUT2D eigenvalue weighted by Crippen LogP contribution is 2.24. The monoisotopic (exact) mass is 225 g/mol. The van der Waals surface area contributed by atoms with Crippen LogP contribution in [0.1, 0.15) is 31.4 Å². The van der Waals surface area contributed by atoms with Crippen molar-refractivity contribution in [3.05, 3.63) is 20.7 Å². The third-order valence-corrected chi connectivity index (χ3v) is 3.49. The van der Waals surface area contributed by atoms with Gasteiger partial charge in [-0.2, -0.15) is 0 Å². The van der Waals surface area contributed by atoms with Gasteiger partial charge in [-0.05, 0) is 12.8 Å². The molecule has 0 aromatic carbocycles. The molecule has 2 rings (SSSR count). The van der Waals surface area contributed by atoms with Crippen LogP contribution >= 0.6 is 11.3 Å². The van der Waals surface area contributed by atoms with E-state index in [1.807, 2.05) is 0 Å². The van der Waals surface area contributed by atoms with E-state index >= 15 is 0 Å². The predicted octanol–water partition coefficient (Wildman–Crippen LogP) is 1.48. The molecule has 1 heterocycles. The molecule has 0 amide bonds. The minimum absolute atomic E-state index is 0.0281. The van der Waals surface area contributed by atoms with Crippen molar-refractivity contribution in [3.8, 4) is 0 Å². The highest BCUT2D eigenvalue weighted by molar-refractivity contribution is 7.07. The minimum atomic E-state index is -0.0281. The Hall–Kier alpha value is -1.10. The van der Waals surface area contributed by atoms with Crippen LogP contribution in [0, 0.1) is 5.92 Å². The summed E-state index contributed by atoms with van der Waals surface area (Å²) in [6, 6.07) is 0. The number of nitrogens with two attached hydrogens (primary N) is 1. The standard InChI is InChI=1S/C10H15N3OS/c11-9(7-3-1-2-4-7)12-5-8-6-15-10(14)13-8/h6-7H,1-5H2,(H2,11,12)(H,13,14). The Labute approximate surface area is 92.2 Å². The molecule has 4 nitrogen and oxygen atoms in total. The number of rotatable bonds is 3. The van der Waals surface area contributed by atoms with E-state index in [2.05, 4.69) is 9.98 Å². The number of aromatic nitrogens is 1. The lowest BCUT2D eigenvalue weighted by Gasteiger charge is -2.07. The van der Waals surface area contributed by atoms with Crippen LogP contribution in [0.4, 0.5) is 0 Å². The van der Waals surface area contributed by atoms with Gasteiger partial charge in [-0.25, -0.2) is 0 Å². The first-order chi connectivity index (χ1) is 7.25. The summed E-state index contributed by atoms with van der Waals surface area (Å²) in [6.45, 7) is 0.501. The first-order valence-electron chi connectivity index (χ1n) is 5.22. The van der Waals surface area contributed by atoms with Gasteiger partial charge in [-0.1, -0.05) is 24.2 Å². The van der Waals surface area contributed by atoms with E-state index in [0.717, 1.165) is 24.4 Å². The number of aromatic amines is 1. The molecule has 0 radical (unpaired) electrons. The number of nitrogens with zero attached hydrogens (tertiary/aromatic N) is 1. The minimum Gasteiger partial charge on any atom is -0.387 e. The molecule has 5 heteroatoms. The number of thiazole rings is 1. The van der Waals surface area contributed by atoms with Crippen LogP contribution in [0.3, 0.4) is 0 Å². The molecular weight excluding hydrogens is 210 g/mol. The molecule has 0 bridgehead atoms. The van der Waals surface area contributed by atoms with Crippen molar-refractivity contribution in [1.82, 2.24) is 4.98 Å². The van der Waals surface area contributed by atoms with Crippen LogP contribution in [0.15, 0.2) is 15.2 Å². The first kappa shape index (κ1) is 10.4. The topological polar surface area (TPSA) is 71.2 Å². The quantitative estimate of drug-likeness (QED) is 0.604. The Morgan fingerprint density at radius 3 is 2.93 bits per heavy atom. The Balaban J connectivity index is 1.95. The molecule has 3 N–H and O–H groups in total. The molecule has 0 unspecified atom stereocenters. The van der Waals surface area contributed by atoms with Crippen LogP contribution in [-0.4, -0.2) is 10.8 Å². The smallest absolute Gasteiger partial charge is 0.304 e. The van der Waals surface area contributed by atoms with Gasteiger partial charge in [-0.3, -0.25) is 9.79 Å². The van der Waals surface area contributed by atoms with E-state index in [1.165, 1.54) is 24.2 Å². The number of H-pyrrole nitrogens is 1. The molecule has 0 atom stereocenters. The maximum Gasteiger partial charge on any atom is 0.304 e. The first-order valence-corrected chi connectivity index (χ1v) is 6.10. The van der Waals surface area contributed by atoms with Crippen molar-refractivity contribution >= 4 is 17.2 Å². The summed E-state index contributed by atoms with van der Waals surface area (Å²) in [7, 11) is 0. The van der Waals surface area contributed by atoms with Gasteiger partial charge >= 0.3 is 4.87 Å². The van der Waals surface area contributed by atoms with Crippen molar-refractivity contribution in [2.24, 2.45) is 16.6 Å². The van der Waals surface area contributed by atoms with E-state index in [1.54, 1.807) is 5.38 Å². The van der Waals surface area contributed by atoms with Crippen LogP contribution < -0.4 is 10.6 Å². The molecule has 1 fully saturated rings. The zero-order valence-corrected chi connectivity index (χ0v) is 9.35. The molecular formula is C10H15N3OS. The maximum atomic E-state index is 10.9. The summed E-state index contributed by atoms with van der Waals surface area (Å²) in [5, 5.41) is 1.80. The fourth-order valence-electron chi connectivity index (χ4n) is 1.92. The van der Waals surface area contributed by atoms with E-state index in [4.69, 9.17) is 5.73 Å². The van der Waals surface area contributed by atoms with Gasteiger partial charge in [0, 0.05) is 11.3 Å². The second kappa shape index (κ2) is 4.61. The Morgan fingerprint density at radius 2 is 2.33 bits per heavy atom. The zero-order valence-electron chi connectivity index (χ0n) is 8.53. The summed E-state index contributed by atoms with van der Waals surface area (Å²) < 4.78 is 0. The average molecular weight is 225 g/mol. The summed E-state index contributed by atoms with van der Waals surface area (Å²) in [4.78, 5) is 17.9. The maximum absolute atomic E-state index is 10.9. The van der Waals surface area contributed by atoms with E-state index in [9.17, 15) is 4.79 Å². The van der Waals surface area contributed by atoms with Crippen LogP contribution in [0.25, 0.3) is 0 Å². The second-order valence-electron chi connectivity index (χ2n) is 3.90. The molecule has 15 heavy (non-hydrogen) atoms. The highest BCUT2D eigenvalue weighted by atomic mass is 32.1. The van der Waals surface area contributed by atoms with Crippen molar-refractivity contribution in [3.63, 3.8) is 0 Å². The lowest BCUT2D eigenvalue weighted by atomic mass is 10.1. The van der Waals surface area contributed by atoms with Crippen LogP contribution in [0.5, 0.6) is 0 Å². The van der Waals surface area contributed by atoms with Crippen LogP contribution in [0.2, 0.25) is 0 Å². The average Bonchev–Trinajstić information content (AvgIpc) is 2.84. The molecule has 1 aliphatic carbocycles. The third-order valence-electron chi connectivity index (χ3n) is 2.78. The van der Waals surface area contributed by atoms with Gasteiger partial charge in [0.1, 0.15) is 0 Å². The molecule has 1 saturated carbocycles. The molecule has 1 aliphatic rings. The molecule has 1 aromatic heterocycles. The number of hydrogen-bond acceptors (Lipinski definition) is 3. The zero-order chi connectivity index (χ0) is 10.7. The van der Waals surface area contributed by atoms with Crippen molar-refractivity contribution in [2.45, 2.75) is 32.2 Å². The van der Waals surface area contributed by atoms with Gasteiger partial charge in [0.2, 0.25) is 0 Å². The van der Waals surface area contributed by atoms with Crippen LogP contribution in [-0.2, 0) is 6.54 Å². The van der Waals surface area contributed by atoms with Gasteiger partial charge in [0.15, 0.2) is 0 Å². The molecule has 0 aliphatic heterocycles. The molecule has 0 saturated heterocycles. The van der Waals surface area contributed by atoms with E-state index in [0.29, 0.717) is 12.5 Å². The Morgan fingerprint density at radius 1 is 1.60 bits per heavy atom. The largest absolute Gasteiger partial charge is 0.387 e. The normalized spacial score (nSPS) is 18.5. The molecule has 0 spiro atoms. The SMILES string of the molecule is NC(=NCc1csc(=O)[nH]1)C1CCCC1. The second-order valence-corrected chi connectivity index (χ2v) is 4.74. The fourth-order valence-corrected chi connectivity index (χ4v) is 2.49. The molecule has 82 valence electrons. The number of hydrogen-bond donors (Lipinski definition) is 2. The summed E-state index contributed by atoms with van der Waals surface area (Å²) in [5.41, 5.74) is 6.75. The third kappa shape index (κ3) is 2.68. The van der Waals surface area contributed by atoms with Crippen molar-refractivity contribution in [1.29, 1.82) is 0 Å². The lowest BCUT2D eigenvalue weighted by molar-refractivity contribution is 0.714. The van der Waals surface area contributed by atoms with Crippen molar-refractivity contribution in [2.75, 3.05) is 0 Å². The summed E-state index contributed by atoms with van der Waals surface area (Å²) in [5.74, 6) is 1.22. The summed E-state index contributed by atoms with van der Waals surface area (Å²) >= 11 is 1.17. The van der Waals surface area contributed by atoms with E-state index in [-0.39, 0.29) is 4.87 Å². The van der Waals surface area contributed by atoms with E-state index < -0.39 is 0 Å². The van der Waals surface area contributed by atoms with Gasteiger partial charge < -0.3 is 10.7 Å². The molecule has 1 aromatic rings. The van der Waals surface area contributed by atoms with Crippen molar-refractivity contribution < 1.29 is 0 Å². The van der Waals surface area contributed by atoms with Gasteiger partial charge in [0.05, 0.1) is 18.1 Å². The fraction of sp³-hybridized carbons (Fsp3) is 0.600. The number of amidine groups is 1. The van der Waals surface area contributed by atoms with Gasteiger partial charge in [-0.15, -0.1) is 0 Å².